The monoisotopic (exact) mass is 333 g/mol. The number of fused-ring (bicyclic) bond motifs is 1. The molecule has 1 atom stereocenters. The van der Waals surface area contributed by atoms with Gasteiger partial charge in [0.05, 0.1) is 5.52 Å². The highest BCUT2D eigenvalue weighted by molar-refractivity contribution is 7.89. The second kappa shape index (κ2) is 5.71. The highest BCUT2D eigenvalue weighted by atomic mass is 32.2. The summed E-state index contributed by atoms with van der Waals surface area (Å²) >= 11 is 0. The number of carbonyl (C=O) groups excluding carboxylic acids is 2. The molecule has 2 heterocycles. The van der Waals surface area contributed by atoms with Crippen molar-refractivity contribution in [3.63, 3.8) is 0 Å². The largest absolute Gasteiger partial charge is 0.295 e. The Hall–Kier alpha value is -2.32. The van der Waals surface area contributed by atoms with Crippen molar-refractivity contribution in [1.29, 1.82) is 0 Å². The van der Waals surface area contributed by atoms with Crippen LogP contribution in [0.25, 0.3) is 10.9 Å². The molecule has 1 saturated heterocycles. The van der Waals surface area contributed by atoms with Gasteiger partial charge < -0.3 is 0 Å². The minimum atomic E-state index is -3.92. The average molecular weight is 333 g/mol. The van der Waals surface area contributed by atoms with Crippen LogP contribution in [0.3, 0.4) is 0 Å². The number of pyridine rings is 1. The normalized spacial score (nSPS) is 19.1. The number of aromatic nitrogens is 1. The molecule has 1 aromatic carbocycles. The lowest BCUT2D eigenvalue weighted by Crippen LogP contribution is -2.52. The van der Waals surface area contributed by atoms with Crippen molar-refractivity contribution in [2.75, 3.05) is 7.05 Å². The van der Waals surface area contributed by atoms with E-state index in [9.17, 15) is 18.0 Å². The van der Waals surface area contributed by atoms with Crippen molar-refractivity contribution >= 4 is 32.7 Å². The van der Waals surface area contributed by atoms with E-state index in [0.717, 1.165) is 4.31 Å². The van der Waals surface area contributed by atoms with Crippen LogP contribution in [0.1, 0.15) is 12.8 Å². The van der Waals surface area contributed by atoms with Gasteiger partial charge in [-0.05, 0) is 18.6 Å². The molecular formula is C15H15N3O4S. The van der Waals surface area contributed by atoms with E-state index in [1.807, 2.05) is 0 Å². The number of likely N-dealkylation sites (N-methyl/N-ethyl adjacent to an activating group) is 1. The molecule has 2 aromatic rings. The second-order valence-corrected chi connectivity index (χ2v) is 7.29. The Labute approximate surface area is 133 Å². The SMILES string of the molecule is CN(C1CCC(=O)NC1=O)S(=O)(=O)c1cccc2cccnc12. The molecular weight excluding hydrogens is 318 g/mol. The number of nitrogens with zero attached hydrogens (tertiary/aromatic N) is 2. The van der Waals surface area contributed by atoms with E-state index >= 15 is 0 Å². The standard InChI is InChI=1S/C15H15N3O4S/c1-18(11-7-8-13(19)17-15(11)20)23(21,22)12-6-2-4-10-5-3-9-16-14(10)12/h2-6,9,11H,7-8H2,1H3,(H,17,19,20). The summed E-state index contributed by atoms with van der Waals surface area (Å²) in [5.41, 5.74) is 0.356. The number of para-hydroxylation sites is 1. The summed E-state index contributed by atoms with van der Waals surface area (Å²) in [4.78, 5) is 27.4. The maximum absolute atomic E-state index is 12.9. The fourth-order valence-electron chi connectivity index (χ4n) is 2.64. The van der Waals surface area contributed by atoms with Crippen molar-refractivity contribution in [1.82, 2.24) is 14.6 Å². The number of rotatable bonds is 3. The average Bonchev–Trinajstić information content (AvgIpc) is 2.53. The van der Waals surface area contributed by atoms with Crippen LogP contribution in [0.2, 0.25) is 0 Å². The van der Waals surface area contributed by atoms with Crippen molar-refractivity contribution in [2.24, 2.45) is 0 Å². The minimum absolute atomic E-state index is 0.0443. The quantitative estimate of drug-likeness (QED) is 0.833. The highest BCUT2D eigenvalue weighted by Gasteiger charge is 2.37. The lowest BCUT2D eigenvalue weighted by Gasteiger charge is -2.29. The second-order valence-electron chi connectivity index (χ2n) is 5.32. The van der Waals surface area contributed by atoms with Crippen LogP contribution in [0.5, 0.6) is 0 Å². The molecule has 1 unspecified atom stereocenters. The lowest BCUT2D eigenvalue weighted by molar-refractivity contribution is -0.135. The zero-order valence-electron chi connectivity index (χ0n) is 12.4. The van der Waals surface area contributed by atoms with Gasteiger partial charge >= 0.3 is 0 Å². The Bertz CT molecular complexity index is 889. The summed E-state index contributed by atoms with van der Waals surface area (Å²) in [6.45, 7) is 0. The van der Waals surface area contributed by atoms with Crippen molar-refractivity contribution in [3.05, 3.63) is 36.5 Å². The Morgan fingerprint density at radius 2 is 1.96 bits per heavy atom. The molecule has 0 bridgehead atoms. The molecule has 1 fully saturated rings. The highest BCUT2D eigenvalue weighted by Crippen LogP contribution is 2.26. The van der Waals surface area contributed by atoms with Gasteiger partial charge in [-0.15, -0.1) is 0 Å². The van der Waals surface area contributed by atoms with Gasteiger partial charge in [0, 0.05) is 25.1 Å². The maximum Gasteiger partial charge on any atom is 0.245 e. The van der Waals surface area contributed by atoms with E-state index in [1.165, 1.54) is 19.3 Å². The summed E-state index contributed by atoms with van der Waals surface area (Å²) in [7, 11) is -2.57. The number of imide groups is 1. The van der Waals surface area contributed by atoms with E-state index in [0.29, 0.717) is 10.9 Å². The lowest BCUT2D eigenvalue weighted by atomic mass is 10.1. The molecule has 0 saturated carbocycles. The van der Waals surface area contributed by atoms with Crippen LogP contribution < -0.4 is 5.32 Å². The smallest absolute Gasteiger partial charge is 0.245 e. The number of piperidine rings is 1. The number of carbonyl (C=O) groups is 2. The first-order valence-corrected chi connectivity index (χ1v) is 8.51. The van der Waals surface area contributed by atoms with E-state index < -0.39 is 22.0 Å². The predicted octanol–water partition coefficient (Wildman–Crippen LogP) is 0.660. The molecule has 7 nitrogen and oxygen atoms in total. The Morgan fingerprint density at radius 1 is 1.22 bits per heavy atom. The number of amides is 2. The van der Waals surface area contributed by atoms with Gasteiger partial charge in [0.1, 0.15) is 10.9 Å². The molecule has 1 aromatic heterocycles. The van der Waals surface area contributed by atoms with Crippen molar-refractivity contribution in [2.45, 2.75) is 23.8 Å². The van der Waals surface area contributed by atoms with Crippen LogP contribution in [0.4, 0.5) is 0 Å². The summed E-state index contributed by atoms with van der Waals surface area (Å²) in [5, 5.41) is 2.87. The fourth-order valence-corrected chi connectivity index (χ4v) is 4.15. The molecule has 3 rings (SSSR count). The van der Waals surface area contributed by atoms with Crippen LogP contribution in [0, 0.1) is 0 Å². The molecule has 1 aliphatic rings. The number of benzene rings is 1. The molecule has 0 aliphatic carbocycles. The first-order chi connectivity index (χ1) is 10.9. The zero-order valence-corrected chi connectivity index (χ0v) is 13.2. The first-order valence-electron chi connectivity index (χ1n) is 7.07. The number of sulfonamides is 1. The predicted molar refractivity (Wildman–Crippen MR) is 82.9 cm³/mol. The summed E-state index contributed by atoms with van der Waals surface area (Å²) in [5.74, 6) is -0.982. The molecule has 23 heavy (non-hydrogen) atoms. The third kappa shape index (κ3) is 2.71. The van der Waals surface area contributed by atoms with Gasteiger partial charge in [0.15, 0.2) is 0 Å². The van der Waals surface area contributed by atoms with E-state index in [2.05, 4.69) is 10.3 Å². The summed E-state index contributed by atoms with van der Waals surface area (Å²) in [6.07, 6.45) is 1.80. The van der Waals surface area contributed by atoms with Crippen LogP contribution in [-0.4, -0.2) is 42.6 Å². The molecule has 8 heteroatoms. The Morgan fingerprint density at radius 3 is 2.70 bits per heavy atom. The summed E-state index contributed by atoms with van der Waals surface area (Å²) in [6, 6.07) is 7.46. The van der Waals surface area contributed by atoms with Gasteiger partial charge in [-0.3, -0.25) is 19.9 Å². The van der Waals surface area contributed by atoms with Gasteiger partial charge in [0.25, 0.3) is 0 Å². The number of nitrogens with one attached hydrogen (secondary N) is 1. The molecule has 0 spiro atoms. The number of hydrogen-bond donors (Lipinski definition) is 1. The van der Waals surface area contributed by atoms with E-state index in [4.69, 9.17) is 0 Å². The van der Waals surface area contributed by atoms with E-state index in [1.54, 1.807) is 24.3 Å². The molecule has 1 aliphatic heterocycles. The third-order valence-corrected chi connectivity index (χ3v) is 5.80. The van der Waals surface area contributed by atoms with Gasteiger partial charge in [-0.2, -0.15) is 4.31 Å². The maximum atomic E-state index is 12.9. The molecule has 2 amide bonds. The molecule has 0 radical (unpaired) electrons. The van der Waals surface area contributed by atoms with E-state index in [-0.39, 0.29) is 23.6 Å². The van der Waals surface area contributed by atoms with Gasteiger partial charge in [-0.25, -0.2) is 8.42 Å². The van der Waals surface area contributed by atoms with Crippen molar-refractivity contribution < 1.29 is 18.0 Å². The first kappa shape index (κ1) is 15.6. The Kier molecular flexibility index (Phi) is 3.87. The van der Waals surface area contributed by atoms with Crippen LogP contribution >= 0.6 is 0 Å². The number of hydrogen-bond acceptors (Lipinski definition) is 5. The topological polar surface area (TPSA) is 96.4 Å². The summed E-state index contributed by atoms with van der Waals surface area (Å²) < 4.78 is 26.8. The van der Waals surface area contributed by atoms with Gasteiger partial charge in [-0.1, -0.05) is 18.2 Å². The Balaban J connectivity index is 2.03. The van der Waals surface area contributed by atoms with Crippen LogP contribution in [0.15, 0.2) is 41.4 Å². The third-order valence-electron chi connectivity index (χ3n) is 3.90. The van der Waals surface area contributed by atoms with Crippen LogP contribution in [-0.2, 0) is 19.6 Å². The minimum Gasteiger partial charge on any atom is -0.295 e. The van der Waals surface area contributed by atoms with Gasteiger partial charge in [0.2, 0.25) is 21.8 Å². The molecule has 120 valence electrons. The van der Waals surface area contributed by atoms with Crippen molar-refractivity contribution in [3.8, 4) is 0 Å². The molecule has 1 N–H and O–H groups in total. The zero-order chi connectivity index (χ0) is 16.6. The fraction of sp³-hybridized carbons (Fsp3) is 0.267.